The van der Waals surface area contributed by atoms with E-state index in [-0.39, 0.29) is 0 Å². The van der Waals surface area contributed by atoms with Gasteiger partial charge in [-0.1, -0.05) is 60.7 Å². The van der Waals surface area contributed by atoms with Gasteiger partial charge in [-0.2, -0.15) is 5.26 Å². The molecule has 0 saturated carbocycles. The normalized spacial score (nSPS) is 12.1. The zero-order chi connectivity index (χ0) is 19.3. The van der Waals surface area contributed by atoms with E-state index < -0.39 is 6.10 Å². The lowest BCUT2D eigenvalue weighted by Gasteiger charge is -2.12. The van der Waals surface area contributed by atoms with Crippen molar-refractivity contribution in [2.75, 3.05) is 0 Å². The van der Waals surface area contributed by atoms with Crippen molar-refractivity contribution in [1.82, 2.24) is 4.98 Å². The van der Waals surface area contributed by atoms with Gasteiger partial charge in [-0.05, 0) is 53.1 Å². The van der Waals surface area contributed by atoms with Crippen molar-refractivity contribution in [3.63, 3.8) is 0 Å². The van der Waals surface area contributed by atoms with E-state index in [1.165, 1.54) is 0 Å². The van der Waals surface area contributed by atoms with Gasteiger partial charge in [-0.3, -0.25) is 0 Å². The molecule has 1 unspecified atom stereocenters. The summed E-state index contributed by atoms with van der Waals surface area (Å²) >= 11 is 0. The lowest BCUT2D eigenvalue weighted by Crippen LogP contribution is -2.00. The van der Waals surface area contributed by atoms with Gasteiger partial charge in [0.1, 0.15) is 6.10 Å². The molecule has 1 atom stereocenters. The number of aliphatic hydroxyl groups is 1. The maximum absolute atomic E-state index is 10.7. The minimum atomic E-state index is -0.777. The molecule has 0 aliphatic heterocycles. The highest BCUT2D eigenvalue weighted by atomic mass is 16.3. The molecule has 0 aliphatic rings. The molecule has 0 bridgehead atoms. The van der Waals surface area contributed by atoms with Crippen molar-refractivity contribution in [1.29, 1.82) is 5.26 Å². The van der Waals surface area contributed by atoms with Crippen LogP contribution in [0.25, 0.3) is 23.1 Å². The average molecular weight is 362 g/mol. The van der Waals surface area contributed by atoms with Crippen LogP contribution in [0.1, 0.15) is 34.1 Å². The van der Waals surface area contributed by atoms with Gasteiger partial charge in [0, 0.05) is 5.39 Å². The Balaban J connectivity index is 1.59. The van der Waals surface area contributed by atoms with Crippen molar-refractivity contribution in [2.45, 2.75) is 6.10 Å². The monoisotopic (exact) mass is 362 g/mol. The minimum Gasteiger partial charge on any atom is -0.384 e. The Morgan fingerprint density at radius 2 is 1.61 bits per heavy atom. The van der Waals surface area contributed by atoms with Gasteiger partial charge in [-0.25, -0.2) is 4.98 Å². The van der Waals surface area contributed by atoms with E-state index in [4.69, 9.17) is 5.26 Å². The first kappa shape index (κ1) is 17.7. The number of para-hydroxylation sites is 1. The highest BCUT2D eigenvalue weighted by Crippen LogP contribution is 2.24. The zero-order valence-electron chi connectivity index (χ0n) is 15.2. The number of fused-ring (bicyclic) bond motifs is 1. The van der Waals surface area contributed by atoms with E-state index in [1.807, 2.05) is 72.8 Å². The molecule has 0 radical (unpaired) electrons. The van der Waals surface area contributed by atoms with Crippen LogP contribution in [-0.2, 0) is 0 Å². The maximum Gasteiger partial charge on any atom is 0.104 e. The fourth-order valence-electron chi connectivity index (χ4n) is 3.16. The van der Waals surface area contributed by atoms with Gasteiger partial charge in [-0.15, -0.1) is 0 Å². The van der Waals surface area contributed by atoms with Crippen LogP contribution in [0.5, 0.6) is 0 Å². The summed E-state index contributed by atoms with van der Waals surface area (Å²) in [4.78, 5) is 4.65. The van der Waals surface area contributed by atoms with Crippen molar-refractivity contribution in [3.8, 4) is 6.07 Å². The van der Waals surface area contributed by atoms with Gasteiger partial charge in [0.25, 0.3) is 0 Å². The lowest BCUT2D eigenvalue weighted by atomic mass is 9.98. The Hall–Kier alpha value is -3.74. The Labute approximate surface area is 163 Å². The molecule has 0 amide bonds. The van der Waals surface area contributed by atoms with Gasteiger partial charge in [0.05, 0.1) is 22.8 Å². The Bertz CT molecular complexity index is 1200. The zero-order valence-corrected chi connectivity index (χ0v) is 15.2. The largest absolute Gasteiger partial charge is 0.384 e. The number of hydrogen-bond acceptors (Lipinski definition) is 3. The predicted octanol–water partition coefficient (Wildman–Crippen LogP) is 5.36. The summed E-state index contributed by atoms with van der Waals surface area (Å²) in [6.07, 6.45) is 3.17. The van der Waals surface area contributed by atoms with Crippen LogP contribution in [0, 0.1) is 11.3 Å². The lowest BCUT2D eigenvalue weighted by molar-refractivity contribution is 0.220. The summed E-state index contributed by atoms with van der Waals surface area (Å²) in [5.74, 6) is 0. The van der Waals surface area contributed by atoms with E-state index in [0.29, 0.717) is 11.1 Å². The average Bonchev–Trinajstić information content (AvgIpc) is 2.77. The number of pyridine rings is 1. The molecule has 4 aromatic rings. The quantitative estimate of drug-likeness (QED) is 0.532. The molecule has 1 N–H and O–H groups in total. The Morgan fingerprint density at radius 1 is 0.821 bits per heavy atom. The fraction of sp³-hybridized carbons (Fsp3) is 0.0400. The van der Waals surface area contributed by atoms with Crippen molar-refractivity contribution < 1.29 is 5.11 Å². The van der Waals surface area contributed by atoms with E-state index in [1.54, 1.807) is 18.2 Å². The number of aromatic nitrogens is 1. The van der Waals surface area contributed by atoms with Crippen molar-refractivity contribution in [3.05, 3.63) is 113 Å². The van der Waals surface area contributed by atoms with Crippen LogP contribution >= 0.6 is 0 Å². The molecule has 0 fully saturated rings. The highest BCUT2D eigenvalue weighted by Gasteiger charge is 2.11. The maximum atomic E-state index is 10.7. The molecule has 0 spiro atoms. The first-order valence-corrected chi connectivity index (χ1v) is 9.05. The summed E-state index contributed by atoms with van der Waals surface area (Å²) in [7, 11) is 0. The molecule has 28 heavy (non-hydrogen) atoms. The predicted molar refractivity (Wildman–Crippen MR) is 112 cm³/mol. The number of hydrogen-bond donors (Lipinski definition) is 1. The molecule has 3 heteroatoms. The van der Waals surface area contributed by atoms with Crippen molar-refractivity contribution >= 4 is 23.1 Å². The fourth-order valence-corrected chi connectivity index (χ4v) is 3.16. The summed E-state index contributed by atoms with van der Waals surface area (Å²) in [5, 5.41) is 20.9. The van der Waals surface area contributed by atoms with Crippen LogP contribution in [0.15, 0.2) is 84.9 Å². The van der Waals surface area contributed by atoms with Gasteiger partial charge >= 0.3 is 0 Å². The number of nitrogens with zero attached hydrogens (tertiary/aromatic N) is 2. The Morgan fingerprint density at radius 3 is 2.46 bits per heavy atom. The second kappa shape index (κ2) is 7.87. The number of benzene rings is 3. The summed E-state index contributed by atoms with van der Waals surface area (Å²) < 4.78 is 0. The molecular weight excluding hydrogens is 344 g/mol. The molecule has 134 valence electrons. The molecule has 4 rings (SSSR count). The van der Waals surface area contributed by atoms with Gasteiger partial charge in [0.2, 0.25) is 0 Å². The molecule has 3 nitrogen and oxygen atoms in total. The van der Waals surface area contributed by atoms with Gasteiger partial charge in [0.15, 0.2) is 0 Å². The van der Waals surface area contributed by atoms with Crippen LogP contribution in [0.3, 0.4) is 0 Å². The first-order chi connectivity index (χ1) is 13.7. The Kier molecular flexibility index (Phi) is 4.97. The van der Waals surface area contributed by atoms with E-state index in [2.05, 4.69) is 17.1 Å². The molecular formula is C25H18N2O. The molecule has 0 saturated heterocycles. The standard InChI is InChI=1S/C25H18N2O/c26-17-19-6-4-9-22(16-19)25(28)21-8-3-5-18(15-21)11-13-23-14-12-20-7-1-2-10-24(20)27-23/h1-16,25,28H/b13-11+. The molecule has 0 aliphatic carbocycles. The smallest absolute Gasteiger partial charge is 0.104 e. The van der Waals surface area contributed by atoms with Crippen LogP contribution < -0.4 is 0 Å². The summed E-state index contributed by atoms with van der Waals surface area (Å²) in [6, 6.07) is 29.0. The van der Waals surface area contributed by atoms with Crippen LogP contribution in [0.4, 0.5) is 0 Å². The molecule has 1 aromatic heterocycles. The third-order valence-electron chi connectivity index (χ3n) is 4.62. The minimum absolute atomic E-state index is 0.537. The van der Waals surface area contributed by atoms with Gasteiger partial charge < -0.3 is 5.11 Å². The molecule has 3 aromatic carbocycles. The second-order valence-corrected chi connectivity index (χ2v) is 6.57. The number of rotatable bonds is 4. The molecule has 1 heterocycles. The third-order valence-corrected chi connectivity index (χ3v) is 4.62. The third kappa shape index (κ3) is 3.83. The SMILES string of the molecule is N#Cc1cccc(C(O)c2cccc(/C=C/c3ccc4ccccc4n3)c2)c1. The number of aliphatic hydroxyl groups excluding tert-OH is 1. The van der Waals surface area contributed by atoms with E-state index in [0.717, 1.165) is 27.7 Å². The van der Waals surface area contributed by atoms with Crippen LogP contribution in [-0.4, -0.2) is 10.1 Å². The first-order valence-electron chi connectivity index (χ1n) is 9.05. The van der Waals surface area contributed by atoms with Crippen molar-refractivity contribution in [2.24, 2.45) is 0 Å². The summed E-state index contributed by atoms with van der Waals surface area (Å²) in [6.45, 7) is 0. The van der Waals surface area contributed by atoms with E-state index >= 15 is 0 Å². The van der Waals surface area contributed by atoms with E-state index in [9.17, 15) is 5.11 Å². The highest BCUT2D eigenvalue weighted by molar-refractivity contribution is 5.80. The summed E-state index contributed by atoms with van der Waals surface area (Å²) in [5.41, 5.74) is 4.84. The van der Waals surface area contributed by atoms with Crippen LogP contribution in [0.2, 0.25) is 0 Å². The number of nitriles is 1. The topological polar surface area (TPSA) is 56.9 Å². The second-order valence-electron chi connectivity index (χ2n) is 6.57.